The van der Waals surface area contributed by atoms with E-state index in [4.69, 9.17) is 10.4 Å². The highest BCUT2D eigenvalue weighted by atomic mass is 32.1. The van der Waals surface area contributed by atoms with Crippen molar-refractivity contribution in [2.24, 2.45) is 0 Å². The fourth-order valence-corrected chi connectivity index (χ4v) is 5.19. The maximum atomic E-state index is 9.08. The summed E-state index contributed by atoms with van der Waals surface area (Å²) >= 11 is 1.83. The first-order valence-electron chi connectivity index (χ1n) is 9.33. The minimum Gasteiger partial charge on any atom is -0.232 e. The van der Waals surface area contributed by atoms with E-state index in [1.54, 1.807) is 0 Å². The molecule has 0 amide bonds. The summed E-state index contributed by atoms with van der Waals surface area (Å²) in [6.07, 6.45) is 8.27. The average Bonchev–Trinajstić information content (AvgIpc) is 3.34. The molecule has 5 rings (SSSR count). The number of aromatic nitrogens is 5. The van der Waals surface area contributed by atoms with E-state index in [9.17, 15) is 0 Å². The van der Waals surface area contributed by atoms with Crippen LogP contribution in [0, 0.1) is 25.1 Å². The van der Waals surface area contributed by atoms with Crippen molar-refractivity contribution in [3.05, 3.63) is 40.7 Å². The van der Waals surface area contributed by atoms with Gasteiger partial charge in [0, 0.05) is 10.8 Å². The highest BCUT2D eigenvalue weighted by Crippen LogP contribution is 2.39. The number of fused-ring (bicyclic) bond motifs is 2. The maximum absolute atomic E-state index is 9.08. The van der Waals surface area contributed by atoms with Crippen molar-refractivity contribution in [2.75, 3.05) is 0 Å². The standard InChI is InChI=1S/C19H19BN6S/c1-12-7-18(24-26-9-13(2)22-19(12)26)25-10-17-15(23-25)8-16(27-17)14-3-5-20(11-21)6-4-14/h7-10,14H,3-6H2,1-2H3. The molecule has 1 aliphatic rings. The van der Waals surface area contributed by atoms with Crippen LogP contribution in [0.2, 0.25) is 12.6 Å². The molecular weight excluding hydrogens is 355 g/mol. The molecular formula is C19H19BN6S. The molecule has 0 aliphatic carbocycles. The van der Waals surface area contributed by atoms with E-state index >= 15 is 0 Å². The molecule has 0 N–H and O–H groups in total. The van der Waals surface area contributed by atoms with Gasteiger partial charge in [-0.25, -0.2) is 19.4 Å². The summed E-state index contributed by atoms with van der Waals surface area (Å²) in [5.41, 5.74) is 3.96. The Bertz CT molecular complexity index is 1160. The summed E-state index contributed by atoms with van der Waals surface area (Å²) in [5.74, 6) is 3.80. The summed E-state index contributed by atoms with van der Waals surface area (Å²) in [4.78, 5) is 5.91. The zero-order valence-corrected chi connectivity index (χ0v) is 16.2. The number of thiophene rings is 1. The number of nitrogens with zero attached hydrogens (tertiary/aromatic N) is 6. The van der Waals surface area contributed by atoms with E-state index in [0.717, 1.165) is 53.7 Å². The van der Waals surface area contributed by atoms with Crippen molar-refractivity contribution in [1.82, 2.24) is 24.4 Å². The van der Waals surface area contributed by atoms with Gasteiger partial charge in [0.25, 0.3) is 6.71 Å². The van der Waals surface area contributed by atoms with Crippen LogP contribution in [0.15, 0.2) is 24.5 Å². The molecule has 1 fully saturated rings. The second-order valence-electron chi connectivity index (χ2n) is 7.49. The largest absolute Gasteiger partial charge is 0.267 e. The number of aryl methyl sites for hydroxylation is 2. The first-order valence-corrected chi connectivity index (χ1v) is 10.1. The molecule has 134 valence electrons. The minimum absolute atomic E-state index is 0.246. The first kappa shape index (κ1) is 16.5. The highest BCUT2D eigenvalue weighted by molar-refractivity contribution is 7.19. The molecule has 4 aromatic heterocycles. The highest BCUT2D eigenvalue weighted by Gasteiger charge is 2.26. The molecule has 27 heavy (non-hydrogen) atoms. The molecule has 0 unspecified atom stereocenters. The van der Waals surface area contributed by atoms with Crippen molar-refractivity contribution in [1.29, 1.82) is 5.26 Å². The number of hydrogen-bond acceptors (Lipinski definition) is 5. The van der Waals surface area contributed by atoms with E-state index in [1.807, 2.05) is 39.7 Å². The molecule has 4 aromatic rings. The Kier molecular flexibility index (Phi) is 3.79. The number of imidazole rings is 1. The van der Waals surface area contributed by atoms with E-state index < -0.39 is 0 Å². The number of nitriles is 1. The van der Waals surface area contributed by atoms with Crippen LogP contribution in [0.5, 0.6) is 0 Å². The second kappa shape index (κ2) is 6.20. The normalized spacial score (nSPS) is 15.7. The van der Waals surface area contributed by atoms with Crippen LogP contribution >= 0.6 is 11.3 Å². The van der Waals surface area contributed by atoms with Crippen molar-refractivity contribution in [2.45, 2.75) is 45.2 Å². The summed E-state index contributed by atoms with van der Waals surface area (Å²) < 4.78 is 4.88. The quantitative estimate of drug-likeness (QED) is 0.494. The zero-order chi connectivity index (χ0) is 18.5. The molecule has 0 bridgehead atoms. The van der Waals surface area contributed by atoms with Crippen molar-refractivity contribution >= 4 is 33.9 Å². The lowest BCUT2D eigenvalue weighted by Gasteiger charge is -2.21. The molecule has 5 heterocycles. The Hall–Kier alpha value is -2.66. The van der Waals surface area contributed by atoms with E-state index in [-0.39, 0.29) is 6.71 Å². The molecule has 0 saturated carbocycles. The summed E-state index contributed by atoms with van der Waals surface area (Å²) in [6.45, 7) is 4.27. The third kappa shape index (κ3) is 2.83. The van der Waals surface area contributed by atoms with Gasteiger partial charge in [0.1, 0.15) is 5.52 Å². The third-order valence-corrected chi connectivity index (χ3v) is 6.70. The monoisotopic (exact) mass is 374 g/mol. The van der Waals surface area contributed by atoms with Crippen LogP contribution in [0.4, 0.5) is 0 Å². The van der Waals surface area contributed by atoms with Gasteiger partial charge in [-0.3, -0.25) is 0 Å². The Morgan fingerprint density at radius 2 is 2.00 bits per heavy atom. The molecule has 6 nitrogen and oxygen atoms in total. The fraction of sp³-hybridized carbons (Fsp3) is 0.368. The number of hydrogen-bond donors (Lipinski definition) is 0. The van der Waals surface area contributed by atoms with Crippen LogP contribution in [-0.4, -0.2) is 31.1 Å². The predicted molar refractivity (Wildman–Crippen MR) is 108 cm³/mol. The molecule has 0 radical (unpaired) electrons. The van der Waals surface area contributed by atoms with Gasteiger partial charge in [0.05, 0.1) is 22.8 Å². The molecule has 8 heteroatoms. The van der Waals surface area contributed by atoms with Crippen LogP contribution < -0.4 is 0 Å². The van der Waals surface area contributed by atoms with Crippen LogP contribution in [0.3, 0.4) is 0 Å². The van der Waals surface area contributed by atoms with Gasteiger partial charge >= 0.3 is 0 Å². The maximum Gasteiger partial charge on any atom is 0.267 e. The topological polar surface area (TPSA) is 71.8 Å². The average molecular weight is 374 g/mol. The smallest absolute Gasteiger partial charge is 0.232 e. The summed E-state index contributed by atoms with van der Waals surface area (Å²) in [5, 5.41) is 18.5. The lowest BCUT2D eigenvalue weighted by atomic mass is 9.42. The molecule has 0 aromatic carbocycles. The van der Waals surface area contributed by atoms with Crippen molar-refractivity contribution in [3.8, 4) is 11.8 Å². The van der Waals surface area contributed by atoms with Gasteiger partial charge in [-0.2, -0.15) is 5.10 Å². The third-order valence-electron chi connectivity index (χ3n) is 5.48. The van der Waals surface area contributed by atoms with Crippen LogP contribution in [0.1, 0.15) is 34.9 Å². The Labute approximate surface area is 161 Å². The SMILES string of the molecule is Cc1cn2nc(-n3cc4sc(C5CCB(C#N)CC5)cc4n3)cc(C)c2n1. The molecule has 0 spiro atoms. The van der Waals surface area contributed by atoms with Gasteiger partial charge in [0.15, 0.2) is 11.5 Å². The summed E-state index contributed by atoms with van der Waals surface area (Å²) in [6, 6.07) is 4.25. The molecule has 1 saturated heterocycles. The Morgan fingerprint density at radius 3 is 2.74 bits per heavy atom. The molecule has 0 atom stereocenters. The Morgan fingerprint density at radius 1 is 1.19 bits per heavy atom. The minimum atomic E-state index is 0.246. The van der Waals surface area contributed by atoms with Gasteiger partial charge in [-0.1, -0.05) is 25.5 Å². The summed E-state index contributed by atoms with van der Waals surface area (Å²) in [7, 11) is 0. The lowest BCUT2D eigenvalue weighted by Crippen LogP contribution is -2.18. The lowest BCUT2D eigenvalue weighted by molar-refractivity contribution is 0.621. The van der Waals surface area contributed by atoms with Gasteiger partial charge in [-0.05, 0) is 37.5 Å². The predicted octanol–water partition coefficient (Wildman–Crippen LogP) is 4.18. The van der Waals surface area contributed by atoms with Crippen molar-refractivity contribution in [3.63, 3.8) is 0 Å². The van der Waals surface area contributed by atoms with Crippen molar-refractivity contribution < 1.29 is 0 Å². The van der Waals surface area contributed by atoms with Crippen LogP contribution in [-0.2, 0) is 0 Å². The zero-order valence-electron chi connectivity index (χ0n) is 15.4. The Balaban J connectivity index is 1.46. The van der Waals surface area contributed by atoms with Crippen LogP contribution in [0.25, 0.3) is 21.7 Å². The molecule has 1 aliphatic heterocycles. The van der Waals surface area contributed by atoms with Gasteiger partial charge in [0.2, 0.25) is 0 Å². The fourth-order valence-electron chi connectivity index (χ4n) is 4.01. The number of rotatable bonds is 2. The second-order valence-corrected chi connectivity index (χ2v) is 8.60. The first-order chi connectivity index (χ1) is 13.1. The van der Waals surface area contributed by atoms with Gasteiger partial charge < -0.3 is 0 Å². The van der Waals surface area contributed by atoms with E-state index in [0.29, 0.717) is 5.92 Å². The van der Waals surface area contributed by atoms with E-state index in [2.05, 4.69) is 35.2 Å². The van der Waals surface area contributed by atoms with E-state index in [1.165, 1.54) is 9.58 Å². The van der Waals surface area contributed by atoms with Gasteiger partial charge in [-0.15, -0.1) is 16.4 Å².